The van der Waals surface area contributed by atoms with Gasteiger partial charge in [-0.25, -0.2) is 22.6 Å². The van der Waals surface area contributed by atoms with Gasteiger partial charge in [0.2, 0.25) is 0 Å². The predicted molar refractivity (Wildman–Crippen MR) is 62.2 cm³/mol. The normalized spacial score (nSPS) is 10.6. The zero-order valence-electron chi connectivity index (χ0n) is 10.2. The summed E-state index contributed by atoms with van der Waals surface area (Å²) in [5.74, 6) is -5.40. The molecule has 0 aliphatic rings. The summed E-state index contributed by atoms with van der Waals surface area (Å²) in [6.45, 7) is 1.64. The van der Waals surface area contributed by atoms with Crippen molar-refractivity contribution in [1.82, 2.24) is 9.78 Å². The van der Waals surface area contributed by atoms with Crippen LogP contribution in [0.5, 0.6) is 0 Å². The number of esters is 1. The number of H-pyrrole nitrogens is 1. The van der Waals surface area contributed by atoms with Crippen LogP contribution in [0.1, 0.15) is 17.3 Å². The van der Waals surface area contributed by atoms with Crippen LogP contribution in [0, 0.1) is 17.5 Å². The fraction of sp³-hybridized carbons (Fsp3) is 0.167. The summed E-state index contributed by atoms with van der Waals surface area (Å²) in [5.41, 5.74) is -1.45. The molecule has 20 heavy (non-hydrogen) atoms. The van der Waals surface area contributed by atoms with Gasteiger partial charge in [-0.1, -0.05) is 0 Å². The second kappa shape index (κ2) is 5.24. The number of carbonyl (C=O) groups is 1. The van der Waals surface area contributed by atoms with Crippen molar-refractivity contribution in [3.8, 4) is 5.69 Å². The van der Waals surface area contributed by atoms with Crippen molar-refractivity contribution in [2.24, 2.45) is 0 Å². The number of aromatic nitrogens is 2. The molecule has 0 saturated heterocycles. The second-order valence-corrected chi connectivity index (χ2v) is 3.77. The lowest BCUT2D eigenvalue weighted by molar-refractivity contribution is 0.0525. The highest BCUT2D eigenvalue weighted by Gasteiger charge is 2.18. The number of aromatic amines is 1. The van der Waals surface area contributed by atoms with Gasteiger partial charge in [0, 0.05) is 18.3 Å². The molecular formula is C12H9F3N2O3. The number of halogens is 3. The maximum absolute atomic E-state index is 13.1. The third-order valence-corrected chi connectivity index (χ3v) is 2.49. The molecular weight excluding hydrogens is 277 g/mol. The highest BCUT2D eigenvalue weighted by Crippen LogP contribution is 2.15. The number of nitrogens with one attached hydrogen (secondary N) is 1. The maximum Gasteiger partial charge on any atom is 0.345 e. The van der Waals surface area contributed by atoms with E-state index >= 15 is 0 Å². The molecule has 0 bridgehead atoms. The molecule has 2 rings (SSSR count). The van der Waals surface area contributed by atoms with Gasteiger partial charge < -0.3 is 4.74 Å². The summed E-state index contributed by atoms with van der Waals surface area (Å²) in [6.07, 6.45) is 1.04. The largest absolute Gasteiger partial charge is 0.462 e. The standard InChI is InChI=1S/C12H9F3N2O3/c1-2-20-12(19)7-5-16-17(11(7)18)6-3-8(13)10(15)9(14)4-6/h3-5,16H,2H2,1H3. The Labute approximate surface area is 110 Å². The Morgan fingerprint density at radius 2 is 1.90 bits per heavy atom. The van der Waals surface area contributed by atoms with E-state index in [9.17, 15) is 22.8 Å². The molecule has 0 aliphatic carbocycles. The van der Waals surface area contributed by atoms with E-state index in [0.29, 0.717) is 16.8 Å². The number of ether oxygens (including phenoxy) is 1. The molecule has 0 unspecified atom stereocenters. The second-order valence-electron chi connectivity index (χ2n) is 3.77. The van der Waals surface area contributed by atoms with Crippen LogP contribution in [-0.4, -0.2) is 22.4 Å². The molecule has 2 aromatic rings. The fourth-order valence-corrected chi connectivity index (χ4v) is 1.59. The molecule has 0 aliphatic heterocycles. The van der Waals surface area contributed by atoms with Crippen molar-refractivity contribution in [3.05, 3.63) is 51.7 Å². The number of nitrogens with zero attached hydrogens (tertiary/aromatic N) is 1. The van der Waals surface area contributed by atoms with Crippen LogP contribution in [-0.2, 0) is 4.74 Å². The van der Waals surface area contributed by atoms with Gasteiger partial charge in [0.05, 0.1) is 12.3 Å². The topological polar surface area (TPSA) is 64.1 Å². The number of hydrogen-bond donors (Lipinski definition) is 1. The molecule has 1 aromatic heterocycles. The average molecular weight is 286 g/mol. The molecule has 0 amide bonds. The Balaban J connectivity index is 2.50. The number of rotatable bonds is 3. The lowest BCUT2D eigenvalue weighted by Gasteiger charge is -2.03. The van der Waals surface area contributed by atoms with E-state index in [4.69, 9.17) is 0 Å². The van der Waals surface area contributed by atoms with Crippen LogP contribution >= 0.6 is 0 Å². The van der Waals surface area contributed by atoms with E-state index in [-0.39, 0.29) is 17.9 Å². The van der Waals surface area contributed by atoms with E-state index in [0.717, 1.165) is 6.20 Å². The molecule has 0 fully saturated rings. The minimum atomic E-state index is -1.64. The summed E-state index contributed by atoms with van der Waals surface area (Å²) >= 11 is 0. The smallest absolute Gasteiger partial charge is 0.345 e. The molecule has 1 N–H and O–H groups in total. The third kappa shape index (κ3) is 2.31. The number of hydrogen-bond acceptors (Lipinski definition) is 3. The minimum absolute atomic E-state index is 0.0727. The lowest BCUT2D eigenvalue weighted by atomic mass is 10.3. The van der Waals surface area contributed by atoms with Crippen molar-refractivity contribution >= 4 is 5.97 Å². The van der Waals surface area contributed by atoms with Crippen LogP contribution in [0.15, 0.2) is 23.1 Å². The third-order valence-electron chi connectivity index (χ3n) is 2.49. The molecule has 0 radical (unpaired) electrons. The summed E-state index contributed by atoms with van der Waals surface area (Å²) in [7, 11) is 0. The van der Waals surface area contributed by atoms with Crippen LogP contribution in [0.2, 0.25) is 0 Å². The monoisotopic (exact) mass is 286 g/mol. The first-order valence-electron chi connectivity index (χ1n) is 5.58. The first-order chi connectivity index (χ1) is 9.45. The van der Waals surface area contributed by atoms with Crippen molar-refractivity contribution in [2.75, 3.05) is 6.61 Å². The summed E-state index contributed by atoms with van der Waals surface area (Å²) in [6, 6.07) is 1.26. The molecule has 106 valence electrons. The van der Waals surface area contributed by atoms with Crippen LogP contribution < -0.4 is 5.56 Å². The maximum atomic E-state index is 13.1. The van der Waals surface area contributed by atoms with Gasteiger partial charge in [-0.3, -0.25) is 9.89 Å². The van der Waals surface area contributed by atoms with Gasteiger partial charge in [0.25, 0.3) is 5.56 Å². The lowest BCUT2D eigenvalue weighted by Crippen LogP contribution is -2.21. The quantitative estimate of drug-likeness (QED) is 0.690. The van der Waals surface area contributed by atoms with Gasteiger partial charge in [-0.15, -0.1) is 0 Å². The molecule has 8 heteroatoms. The van der Waals surface area contributed by atoms with Gasteiger partial charge >= 0.3 is 5.97 Å². The molecule has 1 heterocycles. The SMILES string of the molecule is CCOC(=O)c1c[nH]n(-c2cc(F)c(F)c(F)c2)c1=O. The Morgan fingerprint density at radius 3 is 2.45 bits per heavy atom. The highest BCUT2D eigenvalue weighted by atomic mass is 19.2. The van der Waals surface area contributed by atoms with E-state index in [2.05, 4.69) is 9.84 Å². The Hall–Kier alpha value is -2.51. The molecule has 0 saturated carbocycles. The van der Waals surface area contributed by atoms with E-state index in [1.165, 1.54) is 0 Å². The van der Waals surface area contributed by atoms with Crippen LogP contribution in [0.3, 0.4) is 0 Å². The minimum Gasteiger partial charge on any atom is -0.462 e. The van der Waals surface area contributed by atoms with Crippen LogP contribution in [0.25, 0.3) is 5.69 Å². The van der Waals surface area contributed by atoms with Crippen LogP contribution in [0.4, 0.5) is 13.2 Å². The zero-order chi connectivity index (χ0) is 14.9. The van der Waals surface area contributed by atoms with Gasteiger partial charge in [0.15, 0.2) is 17.5 Å². The summed E-state index contributed by atoms with van der Waals surface area (Å²) in [4.78, 5) is 23.3. The average Bonchev–Trinajstić information content (AvgIpc) is 2.77. The van der Waals surface area contributed by atoms with Gasteiger partial charge in [0.1, 0.15) is 5.56 Å². The molecule has 0 atom stereocenters. The van der Waals surface area contributed by atoms with Crippen molar-refractivity contribution in [1.29, 1.82) is 0 Å². The number of benzene rings is 1. The summed E-state index contributed by atoms with van der Waals surface area (Å²) in [5, 5.41) is 2.35. The van der Waals surface area contributed by atoms with Gasteiger partial charge in [-0.05, 0) is 6.92 Å². The predicted octanol–water partition coefficient (Wildman–Crippen LogP) is 1.76. The van der Waals surface area contributed by atoms with Crippen molar-refractivity contribution in [2.45, 2.75) is 6.92 Å². The first-order valence-corrected chi connectivity index (χ1v) is 5.58. The Kier molecular flexibility index (Phi) is 3.64. The number of carbonyl (C=O) groups excluding carboxylic acids is 1. The summed E-state index contributed by atoms with van der Waals surface area (Å²) < 4.78 is 44.4. The first kappa shape index (κ1) is 13.9. The van der Waals surface area contributed by atoms with E-state index in [1.807, 2.05) is 0 Å². The molecule has 5 nitrogen and oxygen atoms in total. The van der Waals surface area contributed by atoms with Crippen molar-refractivity contribution < 1.29 is 22.7 Å². The Bertz CT molecular complexity index is 698. The highest BCUT2D eigenvalue weighted by molar-refractivity contribution is 5.88. The zero-order valence-corrected chi connectivity index (χ0v) is 10.2. The van der Waals surface area contributed by atoms with E-state index < -0.39 is 29.0 Å². The molecule has 0 spiro atoms. The molecule has 1 aromatic carbocycles. The van der Waals surface area contributed by atoms with E-state index in [1.54, 1.807) is 6.92 Å². The Morgan fingerprint density at radius 1 is 1.30 bits per heavy atom. The van der Waals surface area contributed by atoms with Crippen molar-refractivity contribution in [3.63, 3.8) is 0 Å². The fourth-order valence-electron chi connectivity index (χ4n) is 1.59. The van der Waals surface area contributed by atoms with Gasteiger partial charge in [-0.2, -0.15) is 0 Å².